The Labute approximate surface area is 149 Å². The smallest absolute Gasteiger partial charge is 0.205 e. The van der Waals surface area contributed by atoms with Gasteiger partial charge >= 0.3 is 0 Å². The van der Waals surface area contributed by atoms with Gasteiger partial charge in [0.15, 0.2) is 5.78 Å². The van der Waals surface area contributed by atoms with Crippen molar-refractivity contribution in [2.75, 3.05) is 0 Å². The molecule has 2 nitrogen and oxygen atoms in total. The fourth-order valence-corrected chi connectivity index (χ4v) is 7.95. The summed E-state index contributed by atoms with van der Waals surface area (Å²) >= 11 is 0. The number of rotatable bonds is 2. The highest BCUT2D eigenvalue weighted by Gasteiger charge is 2.59. The quantitative estimate of drug-likeness (QED) is 0.647. The molecule has 3 fully saturated rings. The first kappa shape index (κ1) is 17.0. The molecule has 0 heterocycles. The lowest BCUT2D eigenvalue weighted by atomic mass is 9.47. The number of ketones is 1. The molecular formula is C21H33O2Si. The summed E-state index contributed by atoms with van der Waals surface area (Å²) in [4.78, 5) is 11.9. The zero-order valence-corrected chi connectivity index (χ0v) is 16.9. The Morgan fingerprint density at radius 2 is 1.83 bits per heavy atom. The van der Waals surface area contributed by atoms with E-state index in [0.717, 1.165) is 37.0 Å². The van der Waals surface area contributed by atoms with Gasteiger partial charge in [0, 0.05) is 6.42 Å². The van der Waals surface area contributed by atoms with Crippen molar-refractivity contribution < 1.29 is 9.22 Å². The van der Waals surface area contributed by atoms with Crippen LogP contribution in [-0.2, 0) is 9.22 Å². The van der Waals surface area contributed by atoms with E-state index >= 15 is 0 Å². The van der Waals surface area contributed by atoms with Crippen molar-refractivity contribution in [2.45, 2.75) is 84.4 Å². The first-order valence-corrected chi connectivity index (χ1v) is 12.5. The zero-order chi connectivity index (χ0) is 17.1. The molecule has 133 valence electrons. The van der Waals surface area contributed by atoms with Crippen molar-refractivity contribution in [2.24, 2.45) is 28.6 Å². The molecule has 6 unspecified atom stereocenters. The highest BCUT2D eigenvalue weighted by Crippen LogP contribution is 2.65. The molecule has 0 N–H and O–H groups in total. The molecule has 4 rings (SSSR count). The van der Waals surface area contributed by atoms with Crippen molar-refractivity contribution in [3.05, 3.63) is 11.6 Å². The third-order valence-corrected chi connectivity index (χ3v) is 9.01. The molecule has 0 aromatic carbocycles. The van der Waals surface area contributed by atoms with E-state index in [-0.39, 0.29) is 0 Å². The van der Waals surface area contributed by atoms with Crippen LogP contribution < -0.4 is 0 Å². The predicted octanol–water partition coefficient (Wildman–Crippen LogP) is 5.15. The Morgan fingerprint density at radius 1 is 1.04 bits per heavy atom. The van der Waals surface area contributed by atoms with Crippen molar-refractivity contribution in [3.63, 3.8) is 0 Å². The van der Waals surface area contributed by atoms with Crippen LogP contribution in [0.2, 0.25) is 13.1 Å². The van der Waals surface area contributed by atoms with Gasteiger partial charge in [-0.3, -0.25) is 4.79 Å². The largest absolute Gasteiger partial charge is 0.414 e. The molecule has 6 atom stereocenters. The van der Waals surface area contributed by atoms with E-state index in [9.17, 15) is 4.79 Å². The van der Waals surface area contributed by atoms with E-state index in [1.807, 2.05) is 6.08 Å². The van der Waals surface area contributed by atoms with Gasteiger partial charge < -0.3 is 4.43 Å². The Kier molecular flexibility index (Phi) is 4.12. The van der Waals surface area contributed by atoms with Crippen LogP contribution in [0.25, 0.3) is 0 Å². The molecule has 1 radical (unpaired) electrons. The highest BCUT2D eigenvalue weighted by molar-refractivity contribution is 6.48. The molecule has 4 aliphatic rings. The van der Waals surface area contributed by atoms with Gasteiger partial charge in [-0.25, -0.2) is 0 Å². The molecule has 0 spiro atoms. The van der Waals surface area contributed by atoms with E-state index < -0.39 is 9.04 Å². The minimum atomic E-state index is -0.617. The third-order valence-electron chi connectivity index (χ3n) is 8.25. The van der Waals surface area contributed by atoms with Crippen LogP contribution in [0.1, 0.15) is 65.2 Å². The lowest BCUT2D eigenvalue weighted by molar-refractivity contribution is -0.117. The van der Waals surface area contributed by atoms with Crippen molar-refractivity contribution in [1.29, 1.82) is 0 Å². The predicted molar refractivity (Wildman–Crippen MR) is 99.1 cm³/mol. The maximum Gasteiger partial charge on any atom is 0.205 e. The second-order valence-corrected chi connectivity index (χ2v) is 11.7. The molecule has 0 saturated heterocycles. The summed E-state index contributed by atoms with van der Waals surface area (Å²) in [5.41, 5.74) is 2.20. The number of hydrogen-bond acceptors (Lipinski definition) is 2. The molecule has 4 aliphatic carbocycles. The summed E-state index contributed by atoms with van der Waals surface area (Å²) in [7, 11) is -0.617. The van der Waals surface area contributed by atoms with Crippen molar-refractivity contribution >= 4 is 14.8 Å². The van der Waals surface area contributed by atoms with Crippen LogP contribution >= 0.6 is 0 Å². The topological polar surface area (TPSA) is 26.3 Å². The Bertz CT molecular complexity index is 568. The third kappa shape index (κ3) is 2.41. The number of hydrogen-bond donors (Lipinski definition) is 0. The fraction of sp³-hybridized carbons (Fsp3) is 0.857. The van der Waals surface area contributed by atoms with Gasteiger partial charge in [-0.15, -0.1) is 0 Å². The zero-order valence-electron chi connectivity index (χ0n) is 15.9. The van der Waals surface area contributed by atoms with Gasteiger partial charge in [0.2, 0.25) is 9.04 Å². The molecule has 3 heteroatoms. The highest BCUT2D eigenvalue weighted by atomic mass is 28.3. The van der Waals surface area contributed by atoms with E-state index in [0.29, 0.717) is 22.7 Å². The van der Waals surface area contributed by atoms with Crippen LogP contribution in [0, 0.1) is 28.6 Å². The average molecular weight is 346 g/mol. The standard InChI is InChI=1S/C21H33O2Si/c1-20-11-9-15(22)13-14(20)5-6-16-17-7-8-19(23-24(3)4)21(17,2)12-10-18(16)20/h13,16-19H,5-12H2,1-4H3. The van der Waals surface area contributed by atoms with E-state index in [1.54, 1.807) is 0 Å². The van der Waals surface area contributed by atoms with E-state index in [4.69, 9.17) is 4.43 Å². The first-order chi connectivity index (χ1) is 11.3. The summed E-state index contributed by atoms with van der Waals surface area (Å²) < 4.78 is 6.46. The van der Waals surface area contributed by atoms with Crippen LogP contribution in [0.15, 0.2) is 11.6 Å². The summed E-state index contributed by atoms with van der Waals surface area (Å²) in [6.45, 7) is 9.58. The number of fused-ring (bicyclic) bond motifs is 5. The molecule has 0 aromatic rings. The average Bonchev–Trinajstić information content (AvgIpc) is 2.84. The van der Waals surface area contributed by atoms with Gasteiger partial charge in [0.05, 0.1) is 6.10 Å². The van der Waals surface area contributed by atoms with Crippen molar-refractivity contribution in [1.82, 2.24) is 0 Å². The Balaban J connectivity index is 1.61. The molecule has 24 heavy (non-hydrogen) atoms. The fourth-order valence-electron chi connectivity index (χ4n) is 6.99. The minimum Gasteiger partial charge on any atom is -0.414 e. The number of carbonyl (C=O) groups is 1. The molecular weight excluding hydrogens is 312 g/mol. The van der Waals surface area contributed by atoms with Crippen LogP contribution in [-0.4, -0.2) is 20.9 Å². The van der Waals surface area contributed by atoms with E-state index in [1.165, 1.54) is 37.7 Å². The molecule has 0 aromatic heterocycles. The Morgan fingerprint density at radius 3 is 2.58 bits per heavy atom. The van der Waals surface area contributed by atoms with Crippen molar-refractivity contribution in [3.8, 4) is 0 Å². The van der Waals surface area contributed by atoms with E-state index in [2.05, 4.69) is 26.9 Å². The second-order valence-electron chi connectivity index (χ2n) is 9.61. The lowest BCUT2D eigenvalue weighted by Gasteiger charge is -2.58. The Hall–Kier alpha value is -0.413. The second kappa shape index (κ2) is 5.80. The summed E-state index contributed by atoms with van der Waals surface area (Å²) in [6, 6.07) is 0. The van der Waals surface area contributed by atoms with Gasteiger partial charge in [0.25, 0.3) is 0 Å². The van der Waals surface area contributed by atoms with Gasteiger partial charge in [-0.05, 0) is 92.7 Å². The molecule has 0 aliphatic heterocycles. The summed E-state index contributed by atoms with van der Waals surface area (Å²) in [5.74, 6) is 2.88. The van der Waals surface area contributed by atoms with Gasteiger partial charge in [-0.1, -0.05) is 19.4 Å². The minimum absolute atomic E-state index is 0.307. The molecule has 3 saturated carbocycles. The summed E-state index contributed by atoms with van der Waals surface area (Å²) in [6.07, 6.45) is 12.2. The normalized spacial score (nSPS) is 47.9. The first-order valence-electron chi connectivity index (χ1n) is 10.1. The van der Waals surface area contributed by atoms with Crippen LogP contribution in [0.3, 0.4) is 0 Å². The summed E-state index contributed by atoms with van der Waals surface area (Å²) in [5, 5.41) is 0. The number of allylic oxidation sites excluding steroid dienone is 1. The SMILES string of the molecule is C[Si](C)OC1CCC2C3CCC4=CC(=O)CCC4(C)C3CCC12C. The number of carbonyl (C=O) groups excluding carboxylic acids is 1. The monoisotopic (exact) mass is 345 g/mol. The maximum absolute atomic E-state index is 11.9. The lowest BCUT2D eigenvalue weighted by Crippen LogP contribution is -2.51. The maximum atomic E-state index is 11.9. The van der Waals surface area contributed by atoms with Gasteiger partial charge in [-0.2, -0.15) is 0 Å². The van der Waals surface area contributed by atoms with Crippen LogP contribution in [0.5, 0.6) is 0 Å². The van der Waals surface area contributed by atoms with Gasteiger partial charge in [0.1, 0.15) is 0 Å². The van der Waals surface area contributed by atoms with Crippen LogP contribution in [0.4, 0.5) is 0 Å². The molecule has 0 bridgehead atoms. The molecule has 0 amide bonds.